The minimum atomic E-state index is 0.885. The molecule has 4 nitrogen and oxygen atoms in total. The van der Waals surface area contributed by atoms with Gasteiger partial charge in [-0.05, 0) is 31.5 Å². The molecule has 3 rings (SSSR count). The van der Waals surface area contributed by atoms with Gasteiger partial charge in [0.25, 0.3) is 0 Å². The van der Waals surface area contributed by atoms with E-state index in [0.717, 1.165) is 22.5 Å². The van der Waals surface area contributed by atoms with Gasteiger partial charge in [0.05, 0.1) is 11.9 Å². The first-order chi connectivity index (χ1) is 10.7. The molecule has 1 aromatic heterocycles. The fourth-order valence-corrected chi connectivity index (χ4v) is 2.56. The van der Waals surface area contributed by atoms with Gasteiger partial charge < -0.3 is 5.84 Å². The Kier molecular flexibility index (Phi) is 3.74. The van der Waals surface area contributed by atoms with Crippen molar-refractivity contribution in [2.24, 2.45) is 10.9 Å². The van der Waals surface area contributed by atoms with Gasteiger partial charge in [-0.1, -0.05) is 42.0 Å². The van der Waals surface area contributed by atoms with Crippen LogP contribution in [0.1, 0.15) is 16.7 Å². The van der Waals surface area contributed by atoms with E-state index in [-0.39, 0.29) is 0 Å². The highest BCUT2D eigenvalue weighted by molar-refractivity contribution is 5.89. The number of hydrazone groups is 1. The fourth-order valence-electron chi connectivity index (χ4n) is 2.56. The summed E-state index contributed by atoms with van der Waals surface area (Å²) in [5.41, 5.74) is 6.30. The van der Waals surface area contributed by atoms with Crippen LogP contribution in [0.25, 0.3) is 16.9 Å². The first-order valence-electron chi connectivity index (χ1n) is 7.15. The Balaban J connectivity index is 2.16. The highest BCUT2D eigenvalue weighted by atomic mass is 15.3. The highest BCUT2D eigenvalue weighted by Crippen LogP contribution is 2.26. The van der Waals surface area contributed by atoms with Crippen molar-refractivity contribution < 1.29 is 0 Å². The first kappa shape index (κ1) is 14.1. The van der Waals surface area contributed by atoms with Crippen LogP contribution in [-0.2, 0) is 0 Å². The number of nitrogens with zero attached hydrogens (tertiary/aromatic N) is 3. The van der Waals surface area contributed by atoms with Gasteiger partial charge in [-0.3, -0.25) is 0 Å². The quantitative estimate of drug-likeness (QED) is 0.456. The lowest BCUT2D eigenvalue weighted by atomic mass is 10.0. The van der Waals surface area contributed by atoms with Crippen molar-refractivity contribution in [1.82, 2.24) is 9.78 Å². The van der Waals surface area contributed by atoms with Crippen molar-refractivity contribution in [1.29, 1.82) is 0 Å². The Labute approximate surface area is 129 Å². The molecule has 2 aromatic carbocycles. The minimum Gasteiger partial charge on any atom is -0.323 e. The van der Waals surface area contributed by atoms with Crippen LogP contribution in [-0.4, -0.2) is 16.0 Å². The van der Waals surface area contributed by atoms with Crippen molar-refractivity contribution in [3.63, 3.8) is 0 Å². The minimum absolute atomic E-state index is 0.885. The predicted molar refractivity (Wildman–Crippen MR) is 90.3 cm³/mol. The van der Waals surface area contributed by atoms with Gasteiger partial charge in [0.15, 0.2) is 0 Å². The molecular formula is C18H18N4. The van der Waals surface area contributed by atoms with Gasteiger partial charge in [-0.2, -0.15) is 10.2 Å². The maximum atomic E-state index is 5.35. The SMILES string of the molecule is Cc1ccc(-c2nn(-c3ccccc3)cc2/C=N\N)c(C)c1. The molecule has 0 bridgehead atoms. The Morgan fingerprint density at radius 3 is 2.55 bits per heavy atom. The van der Waals surface area contributed by atoms with E-state index in [0.29, 0.717) is 0 Å². The van der Waals surface area contributed by atoms with Gasteiger partial charge in [0, 0.05) is 17.3 Å². The normalized spacial score (nSPS) is 11.2. The second kappa shape index (κ2) is 5.85. The molecule has 0 aliphatic carbocycles. The van der Waals surface area contributed by atoms with E-state index in [1.54, 1.807) is 6.21 Å². The van der Waals surface area contributed by atoms with Gasteiger partial charge in [-0.15, -0.1) is 0 Å². The topological polar surface area (TPSA) is 56.2 Å². The zero-order valence-corrected chi connectivity index (χ0v) is 12.7. The molecule has 0 aliphatic rings. The van der Waals surface area contributed by atoms with Crippen LogP contribution in [0.15, 0.2) is 59.8 Å². The predicted octanol–water partition coefficient (Wildman–Crippen LogP) is 3.45. The molecule has 3 aromatic rings. The summed E-state index contributed by atoms with van der Waals surface area (Å²) in [5, 5.41) is 8.40. The molecule has 0 radical (unpaired) electrons. The van der Waals surface area contributed by atoms with Gasteiger partial charge in [-0.25, -0.2) is 4.68 Å². The molecule has 1 heterocycles. The molecule has 0 amide bonds. The molecule has 0 fully saturated rings. The monoisotopic (exact) mass is 290 g/mol. The van der Waals surface area contributed by atoms with Gasteiger partial charge in [0.2, 0.25) is 0 Å². The average Bonchev–Trinajstić information content (AvgIpc) is 2.92. The highest BCUT2D eigenvalue weighted by Gasteiger charge is 2.13. The zero-order chi connectivity index (χ0) is 15.5. The molecule has 110 valence electrons. The van der Waals surface area contributed by atoms with E-state index in [1.165, 1.54) is 11.1 Å². The van der Waals surface area contributed by atoms with E-state index in [1.807, 2.05) is 41.2 Å². The van der Waals surface area contributed by atoms with E-state index in [2.05, 4.69) is 37.1 Å². The number of nitrogens with two attached hydrogens (primary N) is 1. The number of hydrogen-bond donors (Lipinski definition) is 1. The lowest BCUT2D eigenvalue weighted by Crippen LogP contribution is -1.94. The van der Waals surface area contributed by atoms with Crippen molar-refractivity contribution in [3.05, 3.63) is 71.4 Å². The Morgan fingerprint density at radius 1 is 1.09 bits per heavy atom. The van der Waals surface area contributed by atoms with Crippen LogP contribution in [0.3, 0.4) is 0 Å². The van der Waals surface area contributed by atoms with Crippen LogP contribution in [0.4, 0.5) is 0 Å². The maximum Gasteiger partial charge on any atom is 0.102 e. The van der Waals surface area contributed by atoms with E-state index in [9.17, 15) is 0 Å². The molecule has 0 aliphatic heterocycles. The number of aromatic nitrogens is 2. The Bertz CT molecular complexity index is 816. The average molecular weight is 290 g/mol. The third-order valence-corrected chi connectivity index (χ3v) is 3.61. The molecular weight excluding hydrogens is 272 g/mol. The summed E-state index contributed by atoms with van der Waals surface area (Å²) in [6.07, 6.45) is 3.58. The molecule has 22 heavy (non-hydrogen) atoms. The van der Waals surface area contributed by atoms with Gasteiger partial charge >= 0.3 is 0 Å². The second-order valence-corrected chi connectivity index (χ2v) is 5.31. The summed E-state index contributed by atoms with van der Waals surface area (Å²) in [6.45, 7) is 4.18. The largest absolute Gasteiger partial charge is 0.323 e. The molecule has 0 saturated heterocycles. The summed E-state index contributed by atoms with van der Waals surface area (Å²) >= 11 is 0. The fraction of sp³-hybridized carbons (Fsp3) is 0.111. The van der Waals surface area contributed by atoms with Crippen LogP contribution >= 0.6 is 0 Å². The summed E-state index contributed by atoms with van der Waals surface area (Å²) in [5.74, 6) is 5.35. The van der Waals surface area contributed by atoms with Crippen molar-refractivity contribution in [2.75, 3.05) is 0 Å². The number of benzene rings is 2. The third-order valence-electron chi connectivity index (χ3n) is 3.61. The molecule has 4 heteroatoms. The van der Waals surface area contributed by atoms with E-state index >= 15 is 0 Å². The summed E-state index contributed by atoms with van der Waals surface area (Å²) < 4.78 is 1.85. The van der Waals surface area contributed by atoms with Crippen molar-refractivity contribution in [2.45, 2.75) is 13.8 Å². The third kappa shape index (κ3) is 2.63. The summed E-state index contributed by atoms with van der Waals surface area (Å²) in [6, 6.07) is 16.3. The Hall–Kier alpha value is -2.88. The molecule has 0 saturated carbocycles. The van der Waals surface area contributed by atoms with Crippen molar-refractivity contribution in [3.8, 4) is 16.9 Å². The summed E-state index contributed by atoms with van der Waals surface area (Å²) in [7, 11) is 0. The van der Waals surface area contributed by atoms with Crippen molar-refractivity contribution >= 4 is 6.21 Å². The van der Waals surface area contributed by atoms with E-state index < -0.39 is 0 Å². The number of aryl methyl sites for hydroxylation is 2. The number of hydrogen-bond acceptors (Lipinski definition) is 3. The van der Waals surface area contributed by atoms with Crippen LogP contribution < -0.4 is 5.84 Å². The van der Waals surface area contributed by atoms with Crippen LogP contribution in [0.2, 0.25) is 0 Å². The van der Waals surface area contributed by atoms with Crippen LogP contribution in [0.5, 0.6) is 0 Å². The number of para-hydroxylation sites is 1. The Morgan fingerprint density at radius 2 is 1.86 bits per heavy atom. The zero-order valence-electron chi connectivity index (χ0n) is 12.7. The van der Waals surface area contributed by atoms with E-state index in [4.69, 9.17) is 10.9 Å². The lowest BCUT2D eigenvalue weighted by Gasteiger charge is -2.05. The summed E-state index contributed by atoms with van der Waals surface area (Å²) in [4.78, 5) is 0. The molecule has 0 unspecified atom stereocenters. The molecule has 2 N–H and O–H groups in total. The standard InChI is InChI=1S/C18H18N4/c1-13-8-9-17(14(2)10-13)18-15(11-20-19)12-22(21-18)16-6-4-3-5-7-16/h3-12H,19H2,1-2H3/b20-11-. The first-order valence-corrected chi connectivity index (χ1v) is 7.15. The second-order valence-electron chi connectivity index (χ2n) is 5.31. The lowest BCUT2D eigenvalue weighted by molar-refractivity contribution is 0.884. The molecule has 0 atom stereocenters. The van der Waals surface area contributed by atoms with Crippen LogP contribution in [0, 0.1) is 13.8 Å². The van der Waals surface area contributed by atoms with Gasteiger partial charge in [0.1, 0.15) is 5.69 Å². The maximum absolute atomic E-state index is 5.35. The smallest absolute Gasteiger partial charge is 0.102 e. The number of rotatable bonds is 3. The molecule has 0 spiro atoms.